The number of hydrogen-bond acceptors (Lipinski definition) is 3. The van der Waals surface area contributed by atoms with Gasteiger partial charge in [-0.3, -0.25) is 0 Å². The highest BCUT2D eigenvalue weighted by Crippen LogP contribution is 2.13. The zero-order valence-electron chi connectivity index (χ0n) is 8.58. The average molecular weight is 271 g/mol. The number of pyridine rings is 1. The number of aromatic nitrogens is 1. The SMILES string of the molecule is Brc1cccc(OC[C@@H]2CCCCN2)n1. The van der Waals surface area contributed by atoms with Crippen molar-refractivity contribution in [2.45, 2.75) is 25.3 Å². The first-order valence-corrected chi connectivity index (χ1v) is 6.12. The second kappa shape index (κ2) is 5.47. The van der Waals surface area contributed by atoms with Gasteiger partial charge in [-0.15, -0.1) is 0 Å². The van der Waals surface area contributed by atoms with Crippen molar-refractivity contribution in [3.8, 4) is 5.88 Å². The molecule has 1 fully saturated rings. The minimum absolute atomic E-state index is 0.486. The lowest BCUT2D eigenvalue weighted by atomic mass is 10.1. The van der Waals surface area contributed by atoms with Crippen LogP contribution in [0.5, 0.6) is 5.88 Å². The van der Waals surface area contributed by atoms with Crippen LogP contribution in [0.4, 0.5) is 0 Å². The number of ether oxygens (including phenoxy) is 1. The molecule has 0 saturated carbocycles. The van der Waals surface area contributed by atoms with Crippen LogP contribution in [0.3, 0.4) is 0 Å². The third-order valence-corrected chi connectivity index (χ3v) is 2.98. The van der Waals surface area contributed by atoms with Gasteiger partial charge in [0.05, 0.1) is 0 Å². The molecule has 3 nitrogen and oxygen atoms in total. The van der Waals surface area contributed by atoms with Gasteiger partial charge in [-0.25, -0.2) is 4.98 Å². The second-order valence-electron chi connectivity index (χ2n) is 3.76. The summed E-state index contributed by atoms with van der Waals surface area (Å²) in [4.78, 5) is 4.22. The molecule has 1 N–H and O–H groups in total. The van der Waals surface area contributed by atoms with Crippen LogP contribution in [0.25, 0.3) is 0 Å². The van der Waals surface area contributed by atoms with Gasteiger partial charge in [-0.2, -0.15) is 0 Å². The summed E-state index contributed by atoms with van der Waals surface area (Å²) in [5.41, 5.74) is 0. The summed E-state index contributed by atoms with van der Waals surface area (Å²) in [5, 5.41) is 3.44. The van der Waals surface area contributed by atoms with Gasteiger partial charge < -0.3 is 10.1 Å². The van der Waals surface area contributed by atoms with Crippen molar-refractivity contribution in [2.24, 2.45) is 0 Å². The summed E-state index contributed by atoms with van der Waals surface area (Å²) in [6.45, 7) is 1.82. The van der Waals surface area contributed by atoms with Crippen LogP contribution >= 0.6 is 15.9 Å². The molecule has 1 aliphatic heterocycles. The average Bonchev–Trinajstić information content (AvgIpc) is 2.28. The normalized spacial score (nSPS) is 21.3. The van der Waals surface area contributed by atoms with Crippen molar-refractivity contribution in [2.75, 3.05) is 13.2 Å². The molecule has 1 aliphatic rings. The Morgan fingerprint density at radius 1 is 1.47 bits per heavy atom. The molecule has 2 heterocycles. The van der Waals surface area contributed by atoms with Gasteiger partial charge in [-0.1, -0.05) is 12.5 Å². The summed E-state index contributed by atoms with van der Waals surface area (Å²) >= 11 is 3.32. The number of hydrogen-bond donors (Lipinski definition) is 1. The van der Waals surface area contributed by atoms with Gasteiger partial charge in [-0.05, 0) is 41.4 Å². The van der Waals surface area contributed by atoms with Gasteiger partial charge in [0.1, 0.15) is 11.2 Å². The number of nitrogens with zero attached hydrogens (tertiary/aromatic N) is 1. The second-order valence-corrected chi connectivity index (χ2v) is 4.57. The molecule has 15 heavy (non-hydrogen) atoms. The molecule has 1 atom stereocenters. The zero-order valence-corrected chi connectivity index (χ0v) is 10.2. The molecule has 1 aromatic rings. The lowest BCUT2D eigenvalue weighted by Crippen LogP contribution is -2.38. The van der Waals surface area contributed by atoms with Gasteiger partial charge in [0.25, 0.3) is 0 Å². The molecule has 0 unspecified atom stereocenters. The molecule has 0 spiro atoms. The lowest BCUT2D eigenvalue weighted by molar-refractivity contribution is 0.232. The summed E-state index contributed by atoms with van der Waals surface area (Å²) < 4.78 is 6.44. The predicted octanol–water partition coefficient (Wildman–Crippen LogP) is 2.36. The van der Waals surface area contributed by atoms with Gasteiger partial charge in [0.2, 0.25) is 5.88 Å². The van der Waals surface area contributed by atoms with E-state index < -0.39 is 0 Å². The molecular formula is C11H15BrN2O. The van der Waals surface area contributed by atoms with Crippen LogP contribution in [-0.4, -0.2) is 24.2 Å². The van der Waals surface area contributed by atoms with E-state index in [9.17, 15) is 0 Å². The summed E-state index contributed by atoms with van der Waals surface area (Å²) in [6.07, 6.45) is 3.78. The van der Waals surface area contributed by atoms with Crippen LogP contribution in [0.2, 0.25) is 0 Å². The van der Waals surface area contributed by atoms with Gasteiger partial charge in [0.15, 0.2) is 0 Å². The highest BCUT2D eigenvalue weighted by molar-refractivity contribution is 9.10. The van der Waals surface area contributed by atoms with Crippen molar-refractivity contribution in [1.29, 1.82) is 0 Å². The Kier molecular flexibility index (Phi) is 3.97. The van der Waals surface area contributed by atoms with Crippen LogP contribution in [0.1, 0.15) is 19.3 Å². The molecule has 0 aliphatic carbocycles. The van der Waals surface area contributed by atoms with Crippen molar-refractivity contribution >= 4 is 15.9 Å². The number of halogens is 1. The molecule has 0 bridgehead atoms. The first-order chi connectivity index (χ1) is 7.34. The van der Waals surface area contributed by atoms with E-state index in [2.05, 4.69) is 26.2 Å². The summed E-state index contributed by atoms with van der Waals surface area (Å²) in [7, 11) is 0. The molecule has 0 radical (unpaired) electrons. The van der Waals surface area contributed by atoms with E-state index in [0.717, 1.165) is 11.1 Å². The first kappa shape index (κ1) is 10.9. The van der Waals surface area contributed by atoms with E-state index in [1.54, 1.807) is 0 Å². The van der Waals surface area contributed by atoms with Crippen molar-refractivity contribution < 1.29 is 4.74 Å². The smallest absolute Gasteiger partial charge is 0.214 e. The summed E-state index contributed by atoms with van der Waals surface area (Å²) in [6, 6.07) is 6.19. The highest BCUT2D eigenvalue weighted by atomic mass is 79.9. The van der Waals surface area contributed by atoms with E-state index in [1.165, 1.54) is 19.3 Å². The highest BCUT2D eigenvalue weighted by Gasteiger charge is 2.12. The molecule has 0 amide bonds. The number of rotatable bonds is 3. The zero-order chi connectivity index (χ0) is 10.5. The molecule has 4 heteroatoms. The summed E-state index contributed by atoms with van der Waals surface area (Å²) in [5.74, 6) is 0.691. The van der Waals surface area contributed by atoms with Crippen molar-refractivity contribution in [1.82, 2.24) is 10.3 Å². The third-order valence-electron chi connectivity index (χ3n) is 2.53. The third kappa shape index (κ3) is 3.47. The monoisotopic (exact) mass is 270 g/mol. The van der Waals surface area contributed by atoms with Crippen molar-refractivity contribution in [3.05, 3.63) is 22.8 Å². The van der Waals surface area contributed by atoms with Crippen LogP contribution < -0.4 is 10.1 Å². The topological polar surface area (TPSA) is 34.1 Å². The minimum Gasteiger partial charge on any atom is -0.476 e. The Morgan fingerprint density at radius 2 is 2.40 bits per heavy atom. The van der Waals surface area contributed by atoms with E-state index in [4.69, 9.17) is 4.74 Å². The fourth-order valence-electron chi connectivity index (χ4n) is 1.72. The first-order valence-electron chi connectivity index (χ1n) is 5.33. The fraction of sp³-hybridized carbons (Fsp3) is 0.545. The quantitative estimate of drug-likeness (QED) is 0.857. The van der Waals surface area contributed by atoms with Crippen LogP contribution in [0, 0.1) is 0 Å². The van der Waals surface area contributed by atoms with Crippen LogP contribution in [0.15, 0.2) is 22.8 Å². The Morgan fingerprint density at radius 3 is 3.13 bits per heavy atom. The van der Waals surface area contributed by atoms with Crippen LogP contribution in [-0.2, 0) is 0 Å². The van der Waals surface area contributed by atoms with Crippen molar-refractivity contribution in [3.63, 3.8) is 0 Å². The molecule has 1 saturated heterocycles. The maximum atomic E-state index is 5.62. The van der Waals surface area contributed by atoms with E-state index in [0.29, 0.717) is 18.5 Å². The molecule has 2 rings (SSSR count). The Bertz CT molecular complexity index is 313. The van der Waals surface area contributed by atoms with E-state index in [1.807, 2.05) is 18.2 Å². The lowest BCUT2D eigenvalue weighted by Gasteiger charge is -2.23. The van der Waals surface area contributed by atoms with Gasteiger partial charge in [0, 0.05) is 12.1 Å². The van der Waals surface area contributed by atoms with E-state index in [-0.39, 0.29) is 0 Å². The maximum absolute atomic E-state index is 5.62. The fourth-order valence-corrected chi connectivity index (χ4v) is 2.05. The number of piperidine rings is 1. The predicted molar refractivity (Wildman–Crippen MR) is 63.1 cm³/mol. The minimum atomic E-state index is 0.486. The Labute approximate surface area is 98.4 Å². The standard InChI is InChI=1S/C11H15BrN2O/c12-10-5-3-6-11(14-10)15-8-9-4-1-2-7-13-9/h3,5-6,9,13H,1-2,4,7-8H2/t9-/m0/s1. The molecule has 0 aromatic carbocycles. The maximum Gasteiger partial charge on any atom is 0.214 e. The molecule has 1 aromatic heterocycles. The Balaban J connectivity index is 1.81. The van der Waals surface area contributed by atoms with E-state index >= 15 is 0 Å². The largest absolute Gasteiger partial charge is 0.476 e. The molecular weight excluding hydrogens is 256 g/mol. The number of nitrogens with one attached hydrogen (secondary N) is 1. The molecule has 82 valence electrons. The Hall–Kier alpha value is -0.610. The van der Waals surface area contributed by atoms with Gasteiger partial charge >= 0.3 is 0 Å².